The van der Waals surface area contributed by atoms with Crippen molar-refractivity contribution in [3.05, 3.63) is 126 Å². The monoisotopic (exact) mass is 552 g/mol. The first-order valence-corrected chi connectivity index (χ1v) is 11.2. The Labute approximate surface area is 200 Å². The van der Waals surface area contributed by atoms with E-state index in [1.54, 1.807) is 0 Å². The Bertz CT molecular complexity index is 1310. The maximum atomic E-state index is 11.2. The summed E-state index contributed by atoms with van der Waals surface area (Å²) in [7, 11) is 0. The van der Waals surface area contributed by atoms with Crippen molar-refractivity contribution in [1.82, 2.24) is 0 Å². The molecule has 2 heterocycles. The van der Waals surface area contributed by atoms with E-state index >= 15 is 0 Å². The quantitative estimate of drug-likeness (QED) is 0.199. The standard InChI is InChI=1S/C24H14Br2N2O4/c25-17-13-18-22(19(26)14-17)27-23(20-11-12-21(31-20)28(29)30)32-24(18,15-7-3-1-4-8-15)16-9-5-2-6-10-16/h1-14H. The second-order valence-electron chi connectivity index (χ2n) is 7.11. The molecular weight excluding hydrogens is 540 g/mol. The number of rotatable bonds is 4. The highest BCUT2D eigenvalue weighted by Gasteiger charge is 2.45. The van der Waals surface area contributed by atoms with E-state index in [-0.39, 0.29) is 17.5 Å². The molecular formula is C24H14Br2N2O4. The van der Waals surface area contributed by atoms with Crippen LogP contribution < -0.4 is 0 Å². The summed E-state index contributed by atoms with van der Waals surface area (Å²) in [6, 6.07) is 26.3. The van der Waals surface area contributed by atoms with Gasteiger partial charge in [0.25, 0.3) is 5.90 Å². The largest absolute Gasteiger partial charge is 0.453 e. The average molecular weight is 554 g/mol. The van der Waals surface area contributed by atoms with Crippen molar-refractivity contribution in [2.24, 2.45) is 4.99 Å². The third-order valence-electron chi connectivity index (χ3n) is 5.21. The summed E-state index contributed by atoms with van der Waals surface area (Å²) in [4.78, 5) is 15.3. The van der Waals surface area contributed by atoms with Crippen molar-refractivity contribution in [1.29, 1.82) is 0 Å². The molecule has 4 aromatic rings. The summed E-state index contributed by atoms with van der Waals surface area (Å²) >= 11 is 7.22. The summed E-state index contributed by atoms with van der Waals surface area (Å²) in [5.41, 5.74) is 2.17. The summed E-state index contributed by atoms with van der Waals surface area (Å²) in [6.07, 6.45) is 0. The van der Waals surface area contributed by atoms with E-state index < -0.39 is 10.5 Å². The number of furan rings is 1. The van der Waals surface area contributed by atoms with Gasteiger partial charge in [-0.25, -0.2) is 4.99 Å². The highest BCUT2D eigenvalue weighted by Crippen LogP contribution is 2.51. The Morgan fingerprint density at radius 2 is 1.50 bits per heavy atom. The van der Waals surface area contributed by atoms with Crippen LogP contribution in [0.5, 0.6) is 0 Å². The highest BCUT2D eigenvalue weighted by atomic mass is 79.9. The molecule has 0 radical (unpaired) electrons. The molecule has 3 aromatic carbocycles. The Morgan fingerprint density at radius 3 is 2.06 bits per heavy atom. The van der Waals surface area contributed by atoms with Gasteiger partial charge in [-0.2, -0.15) is 0 Å². The van der Waals surface area contributed by atoms with Gasteiger partial charge in [0.1, 0.15) is 4.92 Å². The van der Waals surface area contributed by atoms with Crippen molar-refractivity contribution < 1.29 is 14.1 Å². The first-order chi connectivity index (χ1) is 15.5. The average Bonchev–Trinajstić information content (AvgIpc) is 3.31. The van der Waals surface area contributed by atoms with E-state index in [4.69, 9.17) is 9.15 Å². The minimum Gasteiger partial charge on any atom is -0.453 e. The number of nitro groups is 1. The first-order valence-electron chi connectivity index (χ1n) is 9.62. The van der Waals surface area contributed by atoms with Crippen molar-refractivity contribution in [2.45, 2.75) is 5.60 Å². The zero-order valence-electron chi connectivity index (χ0n) is 16.4. The van der Waals surface area contributed by atoms with Crippen molar-refractivity contribution in [3.8, 4) is 0 Å². The zero-order chi connectivity index (χ0) is 22.3. The van der Waals surface area contributed by atoms with Crippen LogP contribution in [0.2, 0.25) is 0 Å². The van der Waals surface area contributed by atoms with Gasteiger partial charge in [-0.05, 0) is 34.1 Å². The second kappa shape index (κ2) is 8.03. The Balaban J connectivity index is 1.84. The number of hydrogen-bond donors (Lipinski definition) is 0. The van der Waals surface area contributed by atoms with Crippen LogP contribution in [-0.2, 0) is 10.3 Å². The number of ether oxygens (including phenoxy) is 1. The van der Waals surface area contributed by atoms with E-state index in [2.05, 4.69) is 36.9 Å². The topological polar surface area (TPSA) is 77.9 Å². The molecule has 0 unspecified atom stereocenters. The summed E-state index contributed by atoms with van der Waals surface area (Å²) < 4.78 is 13.7. The number of halogens is 2. The van der Waals surface area contributed by atoms with Crippen molar-refractivity contribution in [2.75, 3.05) is 0 Å². The van der Waals surface area contributed by atoms with Gasteiger partial charge in [-0.3, -0.25) is 10.1 Å². The molecule has 0 bridgehead atoms. The number of fused-ring (bicyclic) bond motifs is 1. The number of aliphatic imine (C=N–C) groups is 1. The van der Waals surface area contributed by atoms with Gasteiger partial charge in [-0.1, -0.05) is 76.6 Å². The van der Waals surface area contributed by atoms with E-state index in [0.717, 1.165) is 25.6 Å². The van der Waals surface area contributed by atoms with Crippen LogP contribution in [0, 0.1) is 10.1 Å². The lowest BCUT2D eigenvalue weighted by Gasteiger charge is -2.39. The van der Waals surface area contributed by atoms with Gasteiger partial charge in [0.05, 0.1) is 11.8 Å². The molecule has 1 aromatic heterocycles. The van der Waals surface area contributed by atoms with Crippen LogP contribution in [0.15, 0.2) is 103 Å². The molecule has 0 spiro atoms. The minimum atomic E-state index is -1.07. The molecule has 5 rings (SSSR count). The fraction of sp³-hybridized carbons (Fsp3) is 0.0417. The van der Waals surface area contributed by atoms with E-state index in [0.29, 0.717) is 5.69 Å². The van der Waals surface area contributed by atoms with Crippen LogP contribution in [0.3, 0.4) is 0 Å². The summed E-state index contributed by atoms with van der Waals surface area (Å²) in [5, 5.41) is 11.2. The third kappa shape index (κ3) is 3.36. The maximum absolute atomic E-state index is 11.2. The number of benzene rings is 3. The molecule has 158 valence electrons. The Morgan fingerprint density at radius 1 is 0.875 bits per heavy atom. The molecule has 0 saturated heterocycles. The van der Waals surface area contributed by atoms with Crippen LogP contribution in [0.4, 0.5) is 11.6 Å². The molecule has 0 fully saturated rings. The molecule has 0 atom stereocenters. The van der Waals surface area contributed by atoms with Crippen LogP contribution in [0.1, 0.15) is 22.5 Å². The molecule has 0 saturated carbocycles. The van der Waals surface area contributed by atoms with Gasteiger partial charge >= 0.3 is 5.88 Å². The molecule has 0 aliphatic carbocycles. The third-order valence-corrected chi connectivity index (χ3v) is 6.28. The van der Waals surface area contributed by atoms with Gasteiger partial charge < -0.3 is 9.15 Å². The minimum absolute atomic E-state index is 0.154. The predicted molar refractivity (Wildman–Crippen MR) is 127 cm³/mol. The Kier molecular flexibility index (Phi) is 5.19. The van der Waals surface area contributed by atoms with E-state index in [9.17, 15) is 10.1 Å². The summed E-state index contributed by atoms with van der Waals surface area (Å²) in [6.45, 7) is 0. The van der Waals surface area contributed by atoms with Crippen LogP contribution in [-0.4, -0.2) is 10.8 Å². The van der Waals surface area contributed by atoms with Crippen molar-refractivity contribution in [3.63, 3.8) is 0 Å². The smallest absolute Gasteiger partial charge is 0.433 e. The fourth-order valence-corrected chi connectivity index (χ4v) is 5.17. The lowest BCUT2D eigenvalue weighted by Crippen LogP contribution is -2.37. The van der Waals surface area contributed by atoms with Crippen molar-refractivity contribution >= 4 is 49.3 Å². The molecule has 1 aliphatic heterocycles. The highest BCUT2D eigenvalue weighted by molar-refractivity contribution is 9.11. The van der Waals surface area contributed by atoms with Gasteiger partial charge in [0.15, 0.2) is 11.4 Å². The molecule has 1 aliphatic rings. The summed E-state index contributed by atoms with van der Waals surface area (Å²) in [5.74, 6) is -0.0493. The fourth-order valence-electron chi connectivity index (χ4n) is 3.86. The van der Waals surface area contributed by atoms with Crippen LogP contribution >= 0.6 is 31.9 Å². The number of nitrogens with zero attached hydrogens (tertiary/aromatic N) is 2. The normalized spacial score (nSPS) is 14.2. The molecule has 0 amide bonds. The molecule has 6 nitrogen and oxygen atoms in total. The SMILES string of the molecule is O=[N+]([O-])c1ccc(C2=Nc3c(Br)cc(Br)cc3C(c3ccccc3)(c3ccccc3)O2)o1. The lowest BCUT2D eigenvalue weighted by atomic mass is 9.78. The first kappa shape index (κ1) is 20.7. The Hall–Kier alpha value is -3.23. The van der Waals surface area contributed by atoms with E-state index in [1.807, 2.05) is 72.8 Å². The molecule has 0 N–H and O–H groups in total. The van der Waals surface area contributed by atoms with E-state index in [1.165, 1.54) is 12.1 Å². The lowest BCUT2D eigenvalue weighted by molar-refractivity contribution is -0.402. The van der Waals surface area contributed by atoms with Gasteiger partial charge in [0.2, 0.25) is 0 Å². The second-order valence-corrected chi connectivity index (χ2v) is 8.88. The number of hydrogen-bond acceptors (Lipinski definition) is 5. The van der Waals surface area contributed by atoms with Gasteiger partial charge in [0, 0.05) is 25.6 Å². The molecule has 32 heavy (non-hydrogen) atoms. The predicted octanol–water partition coefficient (Wildman–Crippen LogP) is 7.11. The zero-order valence-corrected chi connectivity index (χ0v) is 19.5. The van der Waals surface area contributed by atoms with Gasteiger partial charge in [-0.15, -0.1) is 0 Å². The maximum Gasteiger partial charge on any atom is 0.433 e. The molecule has 8 heteroatoms. The van der Waals surface area contributed by atoms with Crippen LogP contribution in [0.25, 0.3) is 0 Å².